The van der Waals surface area contributed by atoms with Crippen LogP contribution in [-0.4, -0.2) is 50.8 Å². The number of anilines is 1. The molecular weight excluding hydrogens is 678 g/mol. The summed E-state index contributed by atoms with van der Waals surface area (Å²) in [4.78, 5) is 26.7. The summed E-state index contributed by atoms with van der Waals surface area (Å²) >= 11 is 1.43. The van der Waals surface area contributed by atoms with Gasteiger partial charge in [-0.05, 0) is 72.5 Å². The number of aryl methyl sites for hydroxylation is 3. The first-order valence-corrected chi connectivity index (χ1v) is 17.7. The monoisotopic (exact) mass is 708 g/mol. The van der Waals surface area contributed by atoms with Crippen LogP contribution in [0.4, 0.5) is 19.0 Å². The van der Waals surface area contributed by atoms with Crippen LogP contribution in [0.5, 0.6) is 5.75 Å². The van der Waals surface area contributed by atoms with Gasteiger partial charge in [-0.25, -0.2) is 18.2 Å². The second kappa shape index (κ2) is 12.2. The van der Waals surface area contributed by atoms with Crippen molar-refractivity contribution < 1.29 is 27.1 Å². The number of ether oxygens (including phenoxy) is 1. The van der Waals surface area contributed by atoms with Gasteiger partial charge in [-0.2, -0.15) is 0 Å². The molecule has 1 unspecified atom stereocenters. The topological polar surface area (TPSA) is 106 Å². The largest absolute Gasteiger partial charge is 0.493 e. The number of nitrogens with zero attached hydrogens (tertiary/aromatic N) is 5. The minimum Gasteiger partial charge on any atom is -0.493 e. The highest BCUT2D eigenvalue weighted by Gasteiger charge is 2.45. The number of carbonyl (C=O) groups is 1. The lowest BCUT2D eigenvalue weighted by molar-refractivity contribution is 0.0776. The minimum absolute atomic E-state index is 0.0101. The standard InChI is InChI=1S/C38H31F3N6O3S/c1-18-45-46-37(50-18)29-26(12-7-19-5-8-21(39)9-6-19)43-33-27-4-3-15-47(27)38(48)31(33)30(29)28-16-20-13-14-42-36(35(20)51-28)44-32-22-10-11-24(40)34(49-2)23(22)17-25(32)41/h5-6,8-11,13-14,16,25,27,32H,3-4,7,12,15,17H2,1-2H3,(H,42,44)/t25-,27?,32+/m1/s1. The Bertz CT molecular complexity index is 2360. The lowest BCUT2D eigenvalue weighted by Gasteiger charge is -2.18. The molecule has 1 fully saturated rings. The van der Waals surface area contributed by atoms with E-state index in [2.05, 4.69) is 20.5 Å². The zero-order valence-electron chi connectivity index (χ0n) is 27.7. The molecular formula is C38H31F3N6O3S. The molecule has 0 spiro atoms. The number of pyridine rings is 2. The second-order valence-electron chi connectivity index (χ2n) is 13.2. The van der Waals surface area contributed by atoms with Crippen LogP contribution >= 0.6 is 11.3 Å². The molecule has 0 radical (unpaired) electrons. The molecule has 2 aromatic carbocycles. The third kappa shape index (κ3) is 5.16. The van der Waals surface area contributed by atoms with Gasteiger partial charge < -0.3 is 19.4 Å². The van der Waals surface area contributed by atoms with Gasteiger partial charge in [0.25, 0.3) is 5.91 Å². The summed E-state index contributed by atoms with van der Waals surface area (Å²) in [5, 5.41) is 12.7. The van der Waals surface area contributed by atoms with Crippen molar-refractivity contribution in [2.24, 2.45) is 0 Å². The number of rotatable bonds is 8. The summed E-state index contributed by atoms with van der Waals surface area (Å²) in [7, 11) is 1.38. The molecule has 6 aromatic rings. The van der Waals surface area contributed by atoms with E-state index in [1.165, 1.54) is 36.6 Å². The fourth-order valence-corrected chi connectivity index (χ4v) is 9.04. The van der Waals surface area contributed by atoms with Crippen LogP contribution in [0.1, 0.15) is 69.3 Å². The van der Waals surface area contributed by atoms with Crippen LogP contribution in [0, 0.1) is 18.6 Å². The van der Waals surface area contributed by atoms with E-state index in [0.29, 0.717) is 64.6 Å². The molecule has 4 aromatic heterocycles. The molecule has 1 aliphatic carbocycles. The summed E-state index contributed by atoms with van der Waals surface area (Å²) in [6.07, 6.45) is 3.09. The first-order chi connectivity index (χ1) is 24.8. The third-order valence-corrected chi connectivity index (χ3v) is 11.3. The van der Waals surface area contributed by atoms with E-state index in [1.54, 1.807) is 31.3 Å². The van der Waals surface area contributed by atoms with Crippen LogP contribution in [-0.2, 0) is 19.3 Å². The van der Waals surface area contributed by atoms with E-state index in [4.69, 9.17) is 14.1 Å². The van der Waals surface area contributed by atoms with Crippen molar-refractivity contribution in [2.45, 2.75) is 57.3 Å². The molecule has 0 saturated carbocycles. The van der Waals surface area contributed by atoms with Gasteiger partial charge >= 0.3 is 0 Å². The van der Waals surface area contributed by atoms with Crippen molar-refractivity contribution in [3.63, 3.8) is 0 Å². The number of thiophene rings is 1. The van der Waals surface area contributed by atoms with Crippen LogP contribution in [0.3, 0.4) is 0 Å². The Hall–Kier alpha value is -5.30. The molecule has 9 rings (SSSR count). The van der Waals surface area contributed by atoms with Gasteiger partial charge in [0.05, 0.1) is 46.4 Å². The number of carbonyl (C=O) groups excluding carboxylic acids is 1. The zero-order chi connectivity index (χ0) is 35.0. The smallest absolute Gasteiger partial charge is 0.257 e. The Kier molecular flexibility index (Phi) is 7.57. The predicted molar refractivity (Wildman–Crippen MR) is 186 cm³/mol. The van der Waals surface area contributed by atoms with Crippen molar-refractivity contribution in [3.8, 4) is 27.6 Å². The SMILES string of the molecule is COc1c(F)ccc2c1C[C@@H](F)[C@H]2Nc1nccc2cc(-c3c4c(nc(CCc5ccc(F)cc5)c3-c3nnc(C)o3)C3CCCN3C4=O)sc12. The van der Waals surface area contributed by atoms with Gasteiger partial charge in [-0.1, -0.05) is 18.2 Å². The molecule has 1 saturated heterocycles. The Morgan fingerprint density at radius 3 is 2.69 bits per heavy atom. The second-order valence-corrected chi connectivity index (χ2v) is 14.2. The molecule has 258 valence electrons. The molecule has 6 heterocycles. The van der Waals surface area contributed by atoms with Gasteiger partial charge in [0.15, 0.2) is 11.6 Å². The molecule has 0 bridgehead atoms. The maximum absolute atomic E-state index is 15.6. The lowest BCUT2D eigenvalue weighted by Crippen LogP contribution is -2.22. The van der Waals surface area contributed by atoms with Gasteiger partial charge in [0.1, 0.15) is 17.8 Å². The van der Waals surface area contributed by atoms with Crippen LogP contribution in [0.15, 0.2) is 59.1 Å². The van der Waals surface area contributed by atoms with Crippen molar-refractivity contribution in [3.05, 3.63) is 106 Å². The highest BCUT2D eigenvalue weighted by molar-refractivity contribution is 7.23. The molecule has 3 aliphatic rings. The number of alkyl halides is 1. The quantitative estimate of drug-likeness (QED) is 0.169. The minimum atomic E-state index is -1.34. The summed E-state index contributed by atoms with van der Waals surface area (Å²) < 4.78 is 56.0. The van der Waals surface area contributed by atoms with E-state index in [0.717, 1.165) is 39.1 Å². The first kappa shape index (κ1) is 31.7. The number of amides is 1. The number of hydrogen-bond donors (Lipinski definition) is 1. The third-order valence-electron chi connectivity index (χ3n) is 10.2. The molecule has 1 amide bonds. The molecule has 1 N–H and O–H groups in total. The molecule has 9 nitrogen and oxygen atoms in total. The summed E-state index contributed by atoms with van der Waals surface area (Å²) in [6, 6.07) is 12.3. The van der Waals surface area contributed by atoms with Gasteiger partial charge in [-0.3, -0.25) is 9.78 Å². The normalized spacial score (nSPS) is 19.1. The number of benzene rings is 2. The van der Waals surface area contributed by atoms with Crippen molar-refractivity contribution in [1.29, 1.82) is 0 Å². The number of aromatic nitrogens is 4. The summed E-state index contributed by atoms with van der Waals surface area (Å²) in [5.74, 6) is 0.224. The Morgan fingerprint density at radius 2 is 1.90 bits per heavy atom. The van der Waals surface area contributed by atoms with E-state index in [-0.39, 0.29) is 35.8 Å². The zero-order valence-corrected chi connectivity index (χ0v) is 28.5. The van der Waals surface area contributed by atoms with Crippen LogP contribution < -0.4 is 10.1 Å². The average Bonchev–Trinajstić information content (AvgIpc) is 3.96. The molecule has 2 aliphatic heterocycles. The predicted octanol–water partition coefficient (Wildman–Crippen LogP) is 8.13. The summed E-state index contributed by atoms with van der Waals surface area (Å²) in [5.41, 5.74) is 5.27. The Balaban J connectivity index is 1.20. The molecule has 13 heteroatoms. The maximum Gasteiger partial charge on any atom is 0.257 e. The molecule has 3 atom stereocenters. The van der Waals surface area contributed by atoms with Crippen molar-refractivity contribution in [2.75, 3.05) is 19.0 Å². The van der Waals surface area contributed by atoms with E-state index >= 15 is 4.39 Å². The highest BCUT2D eigenvalue weighted by atomic mass is 32.1. The lowest BCUT2D eigenvalue weighted by atomic mass is 9.93. The van der Waals surface area contributed by atoms with Crippen molar-refractivity contribution >= 4 is 33.1 Å². The number of methoxy groups -OCH3 is 1. The first-order valence-electron chi connectivity index (χ1n) is 16.9. The number of nitrogens with one attached hydrogen (secondary N) is 1. The van der Waals surface area contributed by atoms with E-state index in [9.17, 15) is 13.6 Å². The van der Waals surface area contributed by atoms with Gasteiger partial charge in [0, 0.05) is 42.1 Å². The molecule has 51 heavy (non-hydrogen) atoms. The van der Waals surface area contributed by atoms with E-state index < -0.39 is 18.0 Å². The summed E-state index contributed by atoms with van der Waals surface area (Å²) in [6.45, 7) is 2.36. The maximum atomic E-state index is 15.6. The average molecular weight is 709 g/mol. The van der Waals surface area contributed by atoms with E-state index in [1.807, 2.05) is 17.0 Å². The highest BCUT2D eigenvalue weighted by Crippen LogP contribution is 2.51. The number of halogens is 3. The Morgan fingerprint density at radius 1 is 1.06 bits per heavy atom. The number of hydrogen-bond acceptors (Lipinski definition) is 9. The van der Waals surface area contributed by atoms with Gasteiger partial charge in [-0.15, -0.1) is 21.5 Å². The van der Waals surface area contributed by atoms with Crippen molar-refractivity contribution in [1.82, 2.24) is 25.1 Å². The fourth-order valence-electron chi connectivity index (χ4n) is 7.87. The van der Waals surface area contributed by atoms with Crippen LogP contribution in [0.25, 0.3) is 32.0 Å². The number of fused-ring (bicyclic) bond motifs is 5. The fraction of sp³-hybridized carbons (Fsp3) is 0.289. The Labute approximate surface area is 294 Å². The van der Waals surface area contributed by atoms with Crippen LogP contribution in [0.2, 0.25) is 0 Å². The van der Waals surface area contributed by atoms with Gasteiger partial charge in [0.2, 0.25) is 11.8 Å².